The Labute approximate surface area is 48.6 Å². The van der Waals surface area contributed by atoms with Crippen LogP contribution in [0.15, 0.2) is 0 Å². The molecule has 1 heterocycles. The monoisotopic (exact) mass is 149 g/mol. The molecule has 0 aliphatic carbocycles. The molecule has 1 aliphatic heterocycles. The number of rotatable bonds is 0. The first-order valence-electron chi connectivity index (χ1n) is 2.20. The van der Waals surface area contributed by atoms with Crippen LogP contribution in [0, 0.1) is 0 Å². The summed E-state index contributed by atoms with van der Waals surface area (Å²) in [6.07, 6.45) is 0. The van der Waals surface area contributed by atoms with Gasteiger partial charge in [0.1, 0.15) is 0 Å². The van der Waals surface area contributed by atoms with E-state index in [4.69, 9.17) is 0 Å². The van der Waals surface area contributed by atoms with E-state index in [0.29, 0.717) is 0 Å². The molecule has 0 N–H and O–H groups in total. The summed E-state index contributed by atoms with van der Waals surface area (Å²) in [7, 11) is 2.39. The smallest absolute Gasteiger partial charge is 0.0117 e. The van der Waals surface area contributed by atoms with Gasteiger partial charge in [0.25, 0.3) is 0 Å². The molecule has 0 aromatic rings. The summed E-state index contributed by atoms with van der Waals surface area (Å²) in [5, 5.41) is 1.68. The average Bonchev–Trinajstić information content (AvgIpc) is 1.91. The van der Waals surface area contributed by atoms with Crippen molar-refractivity contribution >= 4 is 34.3 Å². The van der Waals surface area contributed by atoms with Crippen LogP contribution >= 0.6 is 23.7 Å². The summed E-state index contributed by atoms with van der Waals surface area (Å²) in [5.74, 6) is 0. The maximum absolute atomic E-state index is 3.45. The first-order valence-corrected chi connectivity index (χ1v) is 6.93. The molecule has 1 radical (unpaired) electrons. The minimum atomic E-state index is -0.168. The molecular weight excluding hydrogens is 141 g/mol. The van der Waals surface area contributed by atoms with Gasteiger partial charge in [-0.3, -0.25) is 0 Å². The third-order valence-electron chi connectivity index (χ3n) is 1.01. The summed E-state index contributed by atoms with van der Waals surface area (Å²) in [6.45, 7) is 4.57. The van der Waals surface area contributed by atoms with E-state index in [0.717, 1.165) is 8.27 Å². The van der Waals surface area contributed by atoms with Crippen LogP contribution in [0.1, 0.15) is 6.92 Å². The van der Waals surface area contributed by atoms with Crippen molar-refractivity contribution in [2.45, 2.75) is 6.92 Å². The molecule has 0 saturated heterocycles. The Balaban J connectivity index is 2.78. The fraction of sp³-hybridized carbons (Fsp3) is 0.500. The van der Waals surface area contributed by atoms with Crippen molar-refractivity contribution in [2.75, 3.05) is 6.66 Å². The zero-order valence-electron chi connectivity index (χ0n) is 4.45. The summed E-state index contributed by atoms with van der Waals surface area (Å²) in [6, 6.07) is 0. The lowest BCUT2D eigenvalue weighted by Crippen LogP contribution is -1.68. The second-order valence-electron chi connectivity index (χ2n) is 1.56. The van der Waals surface area contributed by atoms with E-state index in [1.807, 2.05) is 0 Å². The quantitative estimate of drug-likeness (QED) is 0.463. The molecule has 0 saturated carbocycles. The Kier molecular flexibility index (Phi) is 2.11. The molecule has 2 atom stereocenters. The van der Waals surface area contributed by atoms with Gasteiger partial charge < -0.3 is 0 Å². The summed E-state index contributed by atoms with van der Waals surface area (Å²) in [4.78, 5) is 0. The van der Waals surface area contributed by atoms with E-state index in [1.54, 1.807) is 12.9 Å². The SMILES string of the molecule is CC1=PP[C]=[PH]1C. The summed E-state index contributed by atoms with van der Waals surface area (Å²) >= 11 is 0. The van der Waals surface area contributed by atoms with Crippen LogP contribution in [0.4, 0.5) is 0 Å². The van der Waals surface area contributed by atoms with Gasteiger partial charge in [0.15, 0.2) is 0 Å². The lowest BCUT2D eigenvalue weighted by Gasteiger charge is -1.87. The molecule has 3 heteroatoms. The van der Waals surface area contributed by atoms with E-state index < -0.39 is 0 Å². The first kappa shape index (κ1) is 6.03. The highest BCUT2D eigenvalue weighted by Gasteiger charge is 1.96. The Morgan fingerprint density at radius 2 is 2.57 bits per heavy atom. The van der Waals surface area contributed by atoms with Crippen molar-refractivity contribution < 1.29 is 0 Å². The third-order valence-corrected chi connectivity index (χ3v) is 8.85. The fourth-order valence-electron chi connectivity index (χ4n) is 0.370. The molecule has 2 unspecified atom stereocenters. The fourth-order valence-corrected chi connectivity index (χ4v) is 7.86. The maximum atomic E-state index is 3.45. The maximum Gasteiger partial charge on any atom is -0.0117 e. The van der Waals surface area contributed by atoms with Crippen LogP contribution in [-0.2, 0) is 0 Å². The summed E-state index contributed by atoms with van der Waals surface area (Å²) in [5.41, 5.74) is 3.45. The van der Waals surface area contributed by atoms with Gasteiger partial charge in [-0.1, -0.05) is 15.4 Å². The highest BCUT2D eigenvalue weighted by Crippen LogP contribution is 2.44. The minimum absolute atomic E-state index is 0.168. The van der Waals surface area contributed by atoms with Gasteiger partial charge in [-0.15, -0.1) is 0 Å². The predicted molar refractivity (Wildman–Crippen MR) is 45.2 cm³/mol. The van der Waals surface area contributed by atoms with E-state index in [9.17, 15) is 0 Å². The number of hydrogen-bond donors (Lipinski definition) is 0. The van der Waals surface area contributed by atoms with E-state index in [-0.39, 0.29) is 7.55 Å². The molecule has 0 bridgehead atoms. The van der Waals surface area contributed by atoms with Crippen LogP contribution in [0.2, 0.25) is 0 Å². The molecule has 0 amide bonds. The molecule has 39 valence electrons. The standard InChI is InChI=1S/C4H8P3/c1-4-6-5-3-7(4)2/h5,7H,1-2H3. The lowest BCUT2D eigenvalue weighted by atomic mass is 11.0. The van der Waals surface area contributed by atoms with Crippen LogP contribution in [0.3, 0.4) is 0 Å². The Bertz CT molecular complexity index is 118. The van der Waals surface area contributed by atoms with Crippen molar-refractivity contribution in [3.05, 3.63) is 0 Å². The van der Waals surface area contributed by atoms with Gasteiger partial charge in [-0.25, -0.2) is 0 Å². The predicted octanol–water partition coefficient (Wildman–Crippen LogP) is 2.17. The second-order valence-corrected chi connectivity index (χ2v) is 7.44. The van der Waals surface area contributed by atoms with Crippen LogP contribution in [0.5, 0.6) is 0 Å². The number of hydrogen-bond acceptors (Lipinski definition) is 0. The van der Waals surface area contributed by atoms with E-state index in [2.05, 4.69) is 19.1 Å². The van der Waals surface area contributed by atoms with Crippen molar-refractivity contribution in [2.24, 2.45) is 0 Å². The zero-order valence-corrected chi connectivity index (χ0v) is 7.34. The average molecular weight is 149 g/mol. The molecule has 1 aliphatic rings. The van der Waals surface area contributed by atoms with Gasteiger partial charge in [-0.2, -0.15) is 0 Å². The highest BCUT2D eigenvalue weighted by molar-refractivity contribution is 8.29. The lowest BCUT2D eigenvalue weighted by molar-refractivity contribution is 2.10. The summed E-state index contributed by atoms with van der Waals surface area (Å²) < 4.78 is 0. The molecule has 0 fully saturated rings. The molecule has 0 spiro atoms. The van der Waals surface area contributed by atoms with Gasteiger partial charge in [-0.05, 0) is 32.4 Å². The molecular formula is C4H8P3. The van der Waals surface area contributed by atoms with Crippen molar-refractivity contribution in [3.8, 4) is 0 Å². The normalized spacial score (nSPS) is 35.1. The third kappa shape index (κ3) is 1.39. The molecule has 0 aromatic carbocycles. The Morgan fingerprint density at radius 1 is 1.86 bits per heavy atom. The minimum Gasteiger partial charge on any atom is -0.0834 e. The topological polar surface area (TPSA) is 0 Å². The zero-order chi connectivity index (χ0) is 5.28. The highest BCUT2D eigenvalue weighted by atomic mass is 32.0. The Morgan fingerprint density at radius 3 is 2.71 bits per heavy atom. The second kappa shape index (κ2) is 2.45. The van der Waals surface area contributed by atoms with Gasteiger partial charge >= 0.3 is 0 Å². The van der Waals surface area contributed by atoms with Gasteiger partial charge in [0.05, 0.1) is 0 Å². The van der Waals surface area contributed by atoms with Gasteiger partial charge in [0, 0.05) is 0 Å². The van der Waals surface area contributed by atoms with Crippen LogP contribution < -0.4 is 0 Å². The van der Waals surface area contributed by atoms with Crippen LogP contribution in [-0.4, -0.2) is 17.2 Å². The molecule has 7 heavy (non-hydrogen) atoms. The van der Waals surface area contributed by atoms with E-state index in [1.165, 1.54) is 0 Å². The largest absolute Gasteiger partial charge is 0.0834 e. The molecule has 1 rings (SSSR count). The Hall–Kier alpha value is 0.900. The van der Waals surface area contributed by atoms with Crippen molar-refractivity contribution in [3.63, 3.8) is 0 Å². The first-order chi connectivity index (χ1) is 3.30. The van der Waals surface area contributed by atoms with Crippen LogP contribution in [0.25, 0.3) is 0 Å². The van der Waals surface area contributed by atoms with Gasteiger partial charge in [0.2, 0.25) is 0 Å². The van der Waals surface area contributed by atoms with E-state index >= 15 is 0 Å². The molecule has 0 aromatic heterocycles. The van der Waals surface area contributed by atoms with Crippen molar-refractivity contribution in [1.29, 1.82) is 0 Å². The van der Waals surface area contributed by atoms with Crippen molar-refractivity contribution in [1.82, 2.24) is 0 Å². The molecule has 0 nitrogen and oxygen atoms in total.